The molecular formula is C19H29PSSi2. The summed E-state index contributed by atoms with van der Waals surface area (Å²) < 4.78 is 0. The van der Waals surface area contributed by atoms with Crippen molar-refractivity contribution in [2.24, 2.45) is 0 Å². The van der Waals surface area contributed by atoms with Gasteiger partial charge in [0.1, 0.15) is 0 Å². The minimum atomic E-state index is -1.82. The number of hydrogen-bond donors (Lipinski definition) is 0. The van der Waals surface area contributed by atoms with Crippen molar-refractivity contribution >= 4 is 44.6 Å². The van der Waals surface area contributed by atoms with Gasteiger partial charge in [-0.25, -0.2) is 0 Å². The van der Waals surface area contributed by atoms with Gasteiger partial charge in [0.05, 0.1) is 16.1 Å². The van der Waals surface area contributed by atoms with Gasteiger partial charge in [-0.3, -0.25) is 0 Å². The maximum atomic E-state index is 6.63. The van der Waals surface area contributed by atoms with Crippen LogP contribution in [0, 0.1) is 0 Å². The summed E-state index contributed by atoms with van der Waals surface area (Å²) in [5, 5.41) is 2.80. The standard InChI is InChI=1S/C19H29PSSi2/c1-22(2,3)19(23(4,5)6)20(21,17-13-9-7-10-14-17)18-15-11-8-12-16-18/h7-16,19H,1-6H3. The molecule has 0 radical (unpaired) electrons. The van der Waals surface area contributed by atoms with Crippen LogP contribution >= 0.6 is 6.04 Å². The second-order valence-corrected chi connectivity index (χ2v) is 25.2. The van der Waals surface area contributed by atoms with Crippen LogP contribution in [0.2, 0.25) is 39.3 Å². The fraction of sp³-hybridized carbons (Fsp3) is 0.368. The van der Waals surface area contributed by atoms with Gasteiger partial charge in [0.25, 0.3) is 0 Å². The van der Waals surface area contributed by atoms with Gasteiger partial charge in [0.15, 0.2) is 0 Å². The minimum absolute atomic E-state index is 0.697. The van der Waals surface area contributed by atoms with E-state index in [9.17, 15) is 0 Å². The molecule has 2 aromatic rings. The summed E-state index contributed by atoms with van der Waals surface area (Å²) in [7, 11) is -2.83. The Kier molecular flexibility index (Phi) is 5.57. The molecule has 2 aromatic carbocycles. The molecule has 0 unspecified atom stereocenters. The average Bonchev–Trinajstić information content (AvgIpc) is 2.46. The molecule has 4 heteroatoms. The van der Waals surface area contributed by atoms with Crippen molar-refractivity contribution in [1.82, 2.24) is 0 Å². The molecule has 0 nitrogen and oxygen atoms in total. The summed E-state index contributed by atoms with van der Waals surface area (Å²) in [6.07, 6.45) is 0. The highest BCUT2D eigenvalue weighted by Gasteiger charge is 2.47. The molecular weight excluding hydrogens is 347 g/mol. The Balaban J connectivity index is 2.80. The molecule has 0 saturated carbocycles. The summed E-state index contributed by atoms with van der Waals surface area (Å²) in [6.45, 7) is 15.1. The van der Waals surface area contributed by atoms with Crippen molar-refractivity contribution in [3.05, 3.63) is 60.7 Å². The molecule has 0 aliphatic rings. The largest absolute Gasteiger partial charge is 0.0879 e. The van der Waals surface area contributed by atoms with E-state index >= 15 is 0 Å². The predicted molar refractivity (Wildman–Crippen MR) is 117 cm³/mol. The first-order chi connectivity index (χ1) is 10.6. The maximum Gasteiger partial charge on any atom is 0.0508 e. The molecule has 0 fully saturated rings. The Morgan fingerprint density at radius 2 is 0.957 bits per heavy atom. The quantitative estimate of drug-likeness (QED) is 0.508. The molecule has 0 spiro atoms. The normalized spacial score (nSPS) is 13.3. The van der Waals surface area contributed by atoms with Gasteiger partial charge in [-0.1, -0.05) is 112 Å². The second-order valence-electron chi connectivity index (χ2n) is 8.46. The van der Waals surface area contributed by atoms with E-state index in [4.69, 9.17) is 11.8 Å². The predicted octanol–water partition coefficient (Wildman–Crippen LogP) is 5.24. The molecule has 0 aromatic heterocycles. The summed E-state index contributed by atoms with van der Waals surface area (Å²) >= 11 is 6.63. The van der Waals surface area contributed by atoms with Crippen LogP contribution < -0.4 is 10.6 Å². The third-order valence-corrected chi connectivity index (χ3v) is 25.6. The van der Waals surface area contributed by atoms with Gasteiger partial charge >= 0.3 is 0 Å². The Labute approximate surface area is 149 Å². The molecule has 0 N–H and O–H groups in total. The lowest BCUT2D eigenvalue weighted by Crippen LogP contribution is -2.56. The van der Waals surface area contributed by atoms with Gasteiger partial charge in [-0.05, 0) is 15.5 Å². The van der Waals surface area contributed by atoms with E-state index in [0.717, 1.165) is 0 Å². The van der Waals surface area contributed by atoms with E-state index in [1.54, 1.807) is 0 Å². The topological polar surface area (TPSA) is 0 Å². The van der Waals surface area contributed by atoms with Crippen LogP contribution in [0.1, 0.15) is 0 Å². The van der Waals surface area contributed by atoms with Gasteiger partial charge in [0, 0.05) is 6.04 Å². The summed E-state index contributed by atoms with van der Waals surface area (Å²) in [4.78, 5) is 0.697. The maximum absolute atomic E-state index is 6.63. The van der Waals surface area contributed by atoms with Gasteiger partial charge < -0.3 is 0 Å². The zero-order chi connectivity index (χ0) is 17.3. The minimum Gasteiger partial charge on any atom is -0.0879 e. The number of hydrogen-bond acceptors (Lipinski definition) is 1. The molecule has 0 aliphatic carbocycles. The molecule has 0 amide bonds. The van der Waals surface area contributed by atoms with Crippen LogP contribution in [0.3, 0.4) is 0 Å². The zero-order valence-corrected chi connectivity index (χ0v) is 18.9. The van der Waals surface area contributed by atoms with E-state index in [2.05, 4.69) is 99.9 Å². The highest BCUT2D eigenvalue weighted by Crippen LogP contribution is 2.55. The summed E-state index contributed by atoms with van der Waals surface area (Å²) in [5.41, 5.74) is 0. The molecule has 0 aliphatic heterocycles. The number of rotatable bonds is 5. The van der Waals surface area contributed by atoms with E-state index in [1.807, 2.05) is 0 Å². The third kappa shape index (κ3) is 3.96. The molecule has 0 heterocycles. The Bertz CT molecular complexity index is 627. The fourth-order valence-corrected chi connectivity index (χ4v) is 33.6. The van der Waals surface area contributed by atoms with Crippen molar-refractivity contribution in [2.75, 3.05) is 0 Å². The van der Waals surface area contributed by atoms with E-state index in [1.165, 1.54) is 10.6 Å². The van der Waals surface area contributed by atoms with Crippen molar-refractivity contribution in [2.45, 2.75) is 44.2 Å². The summed E-state index contributed by atoms with van der Waals surface area (Å²) in [5.74, 6) is 0. The van der Waals surface area contributed by atoms with E-state index < -0.39 is 22.2 Å². The monoisotopic (exact) mass is 376 g/mol. The van der Waals surface area contributed by atoms with Crippen LogP contribution in [0.25, 0.3) is 0 Å². The Morgan fingerprint density at radius 1 is 0.652 bits per heavy atom. The molecule has 0 atom stereocenters. The van der Waals surface area contributed by atoms with Crippen LogP contribution in [-0.2, 0) is 11.8 Å². The zero-order valence-electron chi connectivity index (χ0n) is 15.2. The van der Waals surface area contributed by atoms with Gasteiger partial charge in [0.2, 0.25) is 0 Å². The lowest BCUT2D eigenvalue weighted by atomic mass is 10.4. The summed E-state index contributed by atoms with van der Waals surface area (Å²) in [6, 6.07) is 20.1. The SMILES string of the molecule is C[Si](C)(C)C([Si](C)(C)C)P(=S)(c1ccccc1)c1ccccc1. The highest BCUT2D eigenvalue weighted by molar-refractivity contribution is 8.23. The molecule has 2 rings (SSSR count). The van der Waals surface area contributed by atoms with Gasteiger partial charge in [-0.15, -0.1) is 0 Å². The Hall–Kier alpha value is -0.476. The van der Waals surface area contributed by atoms with Crippen LogP contribution in [0.4, 0.5) is 0 Å². The van der Waals surface area contributed by atoms with Crippen molar-refractivity contribution in [3.8, 4) is 0 Å². The van der Waals surface area contributed by atoms with E-state index in [0.29, 0.717) is 4.91 Å². The highest BCUT2D eigenvalue weighted by atomic mass is 32.4. The lowest BCUT2D eigenvalue weighted by Gasteiger charge is -2.46. The average molecular weight is 377 g/mol. The first kappa shape index (κ1) is 18.9. The molecule has 0 bridgehead atoms. The first-order valence-electron chi connectivity index (χ1n) is 8.29. The van der Waals surface area contributed by atoms with Crippen LogP contribution in [0.15, 0.2) is 60.7 Å². The van der Waals surface area contributed by atoms with E-state index in [-0.39, 0.29) is 0 Å². The first-order valence-corrected chi connectivity index (χ1v) is 18.3. The molecule has 124 valence electrons. The number of benzene rings is 2. The lowest BCUT2D eigenvalue weighted by molar-refractivity contribution is 1.45. The van der Waals surface area contributed by atoms with Crippen molar-refractivity contribution in [3.63, 3.8) is 0 Å². The molecule has 0 saturated heterocycles. The van der Waals surface area contributed by atoms with Crippen LogP contribution in [-0.4, -0.2) is 21.1 Å². The van der Waals surface area contributed by atoms with Crippen LogP contribution in [0.5, 0.6) is 0 Å². The van der Waals surface area contributed by atoms with Crippen molar-refractivity contribution < 1.29 is 0 Å². The Morgan fingerprint density at radius 3 is 1.22 bits per heavy atom. The third-order valence-electron chi connectivity index (χ3n) is 4.28. The smallest absolute Gasteiger partial charge is 0.0508 e. The fourth-order valence-electron chi connectivity index (χ4n) is 4.14. The van der Waals surface area contributed by atoms with Gasteiger partial charge in [-0.2, -0.15) is 0 Å². The second kappa shape index (κ2) is 6.80. The van der Waals surface area contributed by atoms with Crippen molar-refractivity contribution in [1.29, 1.82) is 0 Å². The molecule has 23 heavy (non-hydrogen) atoms.